The number of hydrogen-bond donors (Lipinski definition) is 3. The molecule has 1 heterocycles. The van der Waals surface area contributed by atoms with Crippen LogP contribution in [0.2, 0.25) is 0 Å². The van der Waals surface area contributed by atoms with Crippen LogP contribution in [0.1, 0.15) is 21.6 Å². The molecule has 1 aromatic heterocycles. The van der Waals surface area contributed by atoms with Gasteiger partial charge in [0.2, 0.25) is 5.91 Å². The summed E-state index contributed by atoms with van der Waals surface area (Å²) >= 11 is 0. The van der Waals surface area contributed by atoms with Gasteiger partial charge in [0.05, 0.1) is 0 Å². The molecule has 2 aromatic rings. The maximum atomic E-state index is 11.7. The fraction of sp³-hybridized carbons (Fsp3) is 0.0714. The van der Waals surface area contributed by atoms with E-state index in [1.807, 2.05) is 31.2 Å². The molecule has 0 bridgehead atoms. The Balaban J connectivity index is 2.02. The van der Waals surface area contributed by atoms with Crippen molar-refractivity contribution in [2.45, 2.75) is 6.92 Å². The number of carbonyl (C=O) groups is 2. The smallest absolute Gasteiger partial charge is 0.353 e. The Morgan fingerprint density at radius 1 is 1.35 bits per heavy atom. The molecule has 102 valence electrons. The van der Waals surface area contributed by atoms with Crippen LogP contribution in [0.15, 0.2) is 36.4 Å². The third kappa shape index (κ3) is 3.32. The van der Waals surface area contributed by atoms with Crippen molar-refractivity contribution >= 4 is 23.8 Å². The molecule has 0 saturated heterocycles. The van der Waals surface area contributed by atoms with Crippen LogP contribution in [0.3, 0.4) is 0 Å². The van der Waals surface area contributed by atoms with Crippen molar-refractivity contribution in [1.82, 2.24) is 10.2 Å². The highest BCUT2D eigenvalue weighted by molar-refractivity contribution is 6.02. The highest BCUT2D eigenvalue weighted by Crippen LogP contribution is 2.09. The molecular weight excluding hydrogens is 258 g/mol. The Morgan fingerprint density at radius 2 is 2.10 bits per heavy atom. The number of H-pyrrole nitrogens is 1. The molecule has 3 N–H and O–H groups in total. The lowest BCUT2D eigenvalue weighted by atomic mass is 10.1. The van der Waals surface area contributed by atoms with Gasteiger partial charge in [-0.1, -0.05) is 24.3 Å². The third-order valence-corrected chi connectivity index (χ3v) is 2.66. The van der Waals surface area contributed by atoms with E-state index in [1.165, 1.54) is 12.1 Å². The first-order valence-corrected chi connectivity index (χ1v) is 5.89. The van der Waals surface area contributed by atoms with Gasteiger partial charge in [-0.3, -0.25) is 9.89 Å². The number of carbonyl (C=O) groups excluding carboxylic acids is 1. The van der Waals surface area contributed by atoms with Crippen LogP contribution < -0.4 is 5.32 Å². The predicted octanol–water partition coefficient (Wildman–Crippen LogP) is 2.07. The Morgan fingerprint density at radius 3 is 2.75 bits per heavy atom. The number of anilines is 1. The van der Waals surface area contributed by atoms with Crippen LogP contribution in [0.5, 0.6) is 0 Å². The quantitative estimate of drug-likeness (QED) is 0.742. The average molecular weight is 271 g/mol. The minimum Gasteiger partial charge on any atom is -0.477 e. The fourth-order valence-corrected chi connectivity index (χ4v) is 1.60. The molecule has 2 rings (SSSR count). The number of benzene rings is 1. The van der Waals surface area contributed by atoms with E-state index in [2.05, 4.69) is 15.5 Å². The van der Waals surface area contributed by atoms with Crippen molar-refractivity contribution in [2.24, 2.45) is 0 Å². The van der Waals surface area contributed by atoms with E-state index in [0.717, 1.165) is 11.1 Å². The molecule has 0 atom stereocenters. The molecule has 0 aliphatic carbocycles. The summed E-state index contributed by atoms with van der Waals surface area (Å²) in [5, 5.41) is 17.2. The third-order valence-electron chi connectivity index (χ3n) is 2.66. The van der Waals surface area contributed by atoms with Gasteiger partial charge in [-0.25, -0.2) is 4.79 Å². The second kappa shape index (κ2) is 5.83. The summed E-state index contributed by atoms with van der Waals surface area (Å²) in [7, 11) is 0. The molecule has 0 fully saturated rings. The fourth-order valence-electron chi connectivity index (χ4n) is 1.60. The molecule has 6 nitrogen and oxygen atoms in total. The van der Waals surface area contributed by atoms with Gasteiger partial charge in [-0.05, 0) is 24.1 Å². The summed E-state index contributed by atoms with van der Waals surface area (Å²) in [5.41, 5.74) is 1.92. The maximum absolute atomic E-state index is 11.7. The first kappa shape index (κ1) is 13.5. The number of carboxylic acid groups (broad SMARTS) is 1. The van der Waals surface area contributed by atoms with Crippen LogP contribution in [-0.4, -0.2) is 27.2 Å². The van der Waals surface area contributed by atoms with E-state index in [0.29, 0.717) is 0 Å². The molecule has 0 aliphatic rings. The van der Waals surface area contributed by atoms with E-state index in [1.54, 1.807) is 6.08 Å². The number of carboxylic acids is 1. The van der Waals surface area contributed by atoms with Crippen LogP contribution in [0.4, 0.5) is 5.82 Å². The van der Waals surface area contributed by atoms with E-state index in [9.17, 15) is 9.59 Å². The Kier molecular flexibility index (Phi) is 3.95. The number of aromatic amines is 1. The van der Waals surface area contributed by atoms with Gasteiger partial charge < -0.3 is 10.4 Å². The van der Waals surface area contributed by atoms with Crippen molar-refractivity contribution in [3.8, 4) is 0 Å². The van der Waals surface area contributed by atoms with E-state index >= 15 is 0 Å². The van der Waals surface area contributed by atoms with Crippen molar-refractivity contribution in [2.75, 3.05) is 5.32 Å². The zero-order valence-corrected chi connectivity index (χ0v) is 10.8. The van der Waals surface area contributed by atoms with E-state index in [4.69, 9.17) is 5.11 Å². The Bertz CT molecular complexity index is 674. The number of nitrogens with one attached hydrogen (secondary N) is 2. The van der Waals surface area contributed by atoms with Gasteiger partial charge in [0.1, 0.15) is 5.69 Å². The minimum absolute atomic E-state index is 0.0804. The zero-order valence-electron chi connectivity index (χ0n) is 10.8. The van der Waals surface area contributed by atoms with Crippen molar-refractivity contribution in [3.05, 3.63) is 53.2 Å². The highest BCUT2D eigenvalue weighted by atomic mass is 16.4. The monoisotopic (exact) mass is 271 g/mol. The van der Waals surface area contributed by atoms with Gasteiger partial charge in [0.25, 0.3) is 0 Å². The second-order valence-electron chi connectivity index (χ2n) is 4.15. The minimum atomic E-state index is -1.13. The summed E-state index contributed by atoms with van der Waals surface area (Å²) in [6.07, 6.45) is 3.06. The van der Waals surface area contributed by atoms with Crippen LogP contribution in [0, 0.1) is 6.92 Å². The molecule has 0 aliphatic heterocycles. The Hall–Kier alpha value is -2.89. The number of nitrogens with zero attached hydrogens (tertiary/aromatic N) is 1. The molecule has 0 unspecified atom stereocenters. The van der Waals surface area contributed by atoms with Crippen LogP contribution in [-0.2, 0) is 4.79 Å². The topological polar surface area (TPSA) is 95.1 Å². The summed E-state index contributed by atoms with van der Waals surface area (Å²) in [4.78, 5) is 22.3. The zero-order chi connectivity index (χ0) is 14.5. The lowest BCUT2D eigenvalue weighted by Gasteiger charge is -1.99. The molecule has 20 heavy (non-hydrogen) atoms. The number of hydrogen-bond acceptors (Lipinski definition) is 3. The van der Waals surface area contributed by atoms with Gasteiger partial charge in [0.15, 0.2) is 5.82 Å². The maximum Gasteiger partial charge on any atom is 0.353 e. The lowest BCUT2D eigenvalue weighted by molar-refractivity contribution is -0.111. The van der Waals surface area contributed by atoms with Crippen molar-refractivity contribution in [3.63, 3.8) is 0 Å². The molecule has 1 amide bonds. The number of aromatic nitrogens is 2. The number of aryl methyl sites for hydroxylation is 1. The standard InChI is InChI=1S/C14H13N3O3/c1-9-4-2-3-5-10(9)6-7-13(18)15-12-8-11(14(19)20)16-17-12/h2-8H,1H3,(H,19,20)(H2,15,16,17,18). The number of rotatable bonds is 4. The van der Waals surface area contributed by atoms with Crippen molar-refractivity contribution < 1.29 is 14.7 Å². The first-order chi connectivity index (χ1) is 9.56. The first-order valence-electron chi connectivity index (χ1n) is 5.89. The van der Waals surface area contributed by atoms with Gasteiger partial charge in [-0.2, -0.15) is 5.10 Å². The van der Waals surface area contributed by atoms with Gasteiger partial charge >= 0.3 is 5.97 Å². The normalized spacial score (nSPS) is 10.7. The second-order valence-corrected chi connectivity index (χ2v) is 4.15. The van der Waals surface area contributed by atoms with Gasteiger partial charge in [-0.15, -0.1) is 0 Å². The average Bonchev–Trinajstić information content (AvgIpc) is 2.86. The molecule has 6 heteroatoms. The molecule has 1 aromatic carbocycles. The summed E-state index contributed by atoms with van der Waals surface area (Å²) in [6.45, 7) is 1.95. The summed E-state index contributed by atoms with van der Waals surface area (Å²) < 4.78 is 0. The van der Waals surface area contributed by atoms with E-state index in [-0.39, 0.29) is 17.4 Å². The molecule has 0 radical (unpaired) electrons. The van der Waals surface area contributed by atoms with Crippen LogP contribution in [0.25, 0.3) is 6.08 Å². The number of aromatic carboxylic acids is 1. The number of amides is 1. The van der Waals surface area contributed by atoms with Crippen LogP contribution >= 0.6 is 0 Å². The highest BCUT2D eigenvalue weighted by Gasteiger charge is 2.08. The summed E-state index contributed by atoms with van der Waals surface area (Å²) in [6, 6.07) is 8.91. The van der Waals surface area contributed by atoms with Gasteiger partial charge in [0, 0.05) is 12.1 Å². The van der Waals surface area contributed by atoms with E-state index < -0.39 is 5.97 Å². The molecular formula is C14H13N3O3. The Labute approximate surface area is 115 Å². The summed E-state index contributed by atoms with van der Waals surface area (Å²) in [5.74, 6) is -1.34. The van der Waals surface area contributed by atoms with Crippen molar-refractivity contribution in [1.29, 1.82) is 0 Å². The molecule has 0 spiro atoms. The molecule has 0 saturated carbocycles. The SMILES string of the molecule is Cc1ccccc1C=CC(=O)Nc1cc(C(=O)O)[nH]n1. The predicted molar refractivity (Wildman–Crippen MR) is 74.4 cm³/mol. The largest absolute Gasteiger partial charge is 0.477 e. The lowest BCUT2D eigenvalue weighted by Crippen LogP contribution is -2.08.